The fourth-order valence-corrected chi connectivity index (χ4v) is 2.99. The van der Waals surface area contributed by atoms with Crippen LogP contribution in [0.1, 0.15) is 32.6 Å². The lowest BCUT2D eigenvalue weighted by atomic mass is 10.1. The molecule has 0 fully saturated rings. The van der Waals surface area contributed by atoms with Crippen LogP contribution < -0.4 is 10.0 Å². The lowest BCUT2D eigenvalue weighted by Gasteiger charge is -2.08. The maximum atomic E-state index is 12.2. The van der Waals surface area contributed by atoms with Gasteiger partial charge in [-0.05, 0) is 55.3 Å². The van der Waals surface area contributed by atoms with Gasteiger partial charge < -0.3 is 5.32 Å². The van der Waals surface area contributed by atoms with Crippen LogP contribution in [0.3, 0.4) is 0 Å². The van der Waals surface area contributed by atoms with Crippen LogP contribution in [0.2, 0.25) is 0 Å². The summed E-state index contributed by atoms with van der Waals surface area (Å²) < 4.78 is 25.3. The summed E-state index contributed by atoms with van der Waals surface area (Å²) in [6.07, 6.45) is 0. The fourth-order valence-electron chi connectivity index (χ4n) is 2.21. The van der Waals surface area contributed by atoms with Crippen LogP contribution in [0.15, 0.2) is 42.5 Å². The predicted molar refractivity (Wildman–Crippen MR) is 95.2 cm³/mol. The van der Waals surface area contributed by atoms with Gasteiger partial charge in [0.15, 0.2) is 0 Å². The highest BCUT2D eigenvalue weighted by Gasteiger charge is 2.09. The van der Waals surface area contributed by atoms with Crippen molar-refractivity contribution < 1.29 is 13.2 Å². The second-order valence-corrected chi connectivity index (χ2v) is 7.69. The molecule has 5 nitrogen and oxygen atoms in total. The van der Waals surface area contributed by atoms with Crippen molar-refractivity contribution in [3.05, 3.63) is 70.3 Å². The monoisotopic (exact) mass is 346 g/mol. The first-order chi connectivity index (χ1) is 11.3. The predicted octanol–water partition coefficient (Wildman–Crippen LogP) is 2.28. The second kappa shape index (κ2) is 7.59. The highest BCUT2D eigenvalue weighted by Crippen LogP contribution is 2.11. The molecule has 1 amide bonds. The lowest BCUT2D eigenvalue weighted by molar-refractivity contribution is 0.0951. The Balaban J connectivity index is 1.96. The van der Waals surface area contributed by atoms with E-state index in [4.69, 9.17) is 0 Å². The molecule has 0 aliphatic rings. The molecular weight excluding hydrogens is 324 g/mol. The molecule has 0 saturated heterocycles. The number of rotatable bonds is 6. The summed E-state index contributed by atoms with van der Waals surface area (Å²) in [5, 5.41) is 2.87. The molecule has 2 aromatic rings. The number of benzene rings is 2. The van der Waals surface area contributed by atoms with E-state index in [0.29, 0.717) is 17.7 Å². The van der Waals surface area contributed by atoms with Gasteiger partial charge in [-0.25, -0.2) is 13.1 Å². The molecule has 6 heteroatoms. The highest BCUT2D eigenvalue weighted by molar-refractivity contribution is 7.88. The van der Waals surface area contributed by atoms with Crippen molar-refractivity contribution >= 4 is 15.9 Å². The van der Waals surface area contributed by atoms with Gasteiger partial charge in [0.25, 0.3) is 5.91 Å². The second-order valence-electron chi connectivity index (χ2n) is 5.76. The molecular formula is C18H22N2O3S. The molecule has 2 aromatic carbocycles. The van der Waals surface area contributed by atoms with Gasteiger partial charge in [0, 0.05) is 12.1 Å². The average Bonchev–Trinajstić information content (AvgIpc) is 2.56. The van der Waals surface area contributed by atoms with Gasteiger partial charge in [-0.15, -0.1) is 0 Å². The topological polar surface area (TPSA) is 75.3 Å². The van der Waals surface area contributed by atoms with Gasteiger partial charge in [0.1, 0.15) is 0 Å². The molecule has 0 atom stereocenters. The third-order valence-electron chi connectivity index (χ3n) is 3.91. The van der Waals surface area contributed by atoms with E-state index in [2.05, 4.69) is 10.0 Å². The minimum atomic E-state index is -3.27. The van der Waals surface area contributed by atoms with Crippen molar-refractivity contribution in [1.29, 1.82) is 0 Å². The van der Waals surface area contributed by atoms with E-state index < -0.39 is 10.0 Å². The maximum Gasteiger partial charge on any atom is 0.251 e. The summed E-state index contributed by atoms with van der Waals surface area (Å²) in [4.78, 5) is 12.2. The Kier molecular flexibility index (Phi) is 5.75. The summed E-state index contributed by atoms with van der Waals surface area (Å²) in [6.45, 7) is 4.38. The van der Waals surface area contributed by atoms with E-state index in [1.807, 2.05) is 44.2 Å². The van der Waals surface area contributed by atoms with Crippen LogP contribution in [-0.4, -0.2) is 21.4 Å². The number of hydrogen-bond acceptors (Lipinski definition) is 3. The molecule has 0 bridgehead atoms. The van der Waals surface area contributed by atoms with E-state index >= 15 is 0 Å². The minimum absolute atomic E-state index is 0.0568. The molecule has 0 spiro atoms. The quantitative estimate of drug-likeness (QED) is 0.843. The average molecular weight is 346 g/mol. The number of aryl methyl sites for hydroxylation is 2. The van der Waals surface area contributed by atoms with Crippen molar-refractivity contribution in [2.75, 3.05) is 7.05 Å². The molecule has 24 heavy (non-hydrogen) atoms. The SMILES string of the molecule is CNS(=O)(=O)Cc1ccc(CNC(=O)c2ccc(C)c(C)c2)cc1. The third kappa shape index (κ3) is 4.91. The Morgan fingerprint density at radius 2 is 1.58 bits per heavy atom. The van der Waals surface area contributed by atoms with Crippen LogP contribution in [0.5, 0.6) is 0 Å². The molecule has 2 N–H and O–H groups in total. The zero-order valence-electron chi connectivity index (χ0n) is 14.1. The molecule has 0 aliphatic carbocycles. The number of sulfonamides is 1. The summed E-state index contributed by atoms with van der Waals surface area (Å²) in [5.41, 5.74) is 4.48. The molecule has 0 saturated carbocycles. The van der Waals surface area contributed by atoms with Crippen LogP contribution in [0, 0.1) is 13.8 Å². The Bertz CT molecular complexity index is 828. The van der Waals surface area contributed by atoms with E-state index in [-0.39, 0.29) is 11.7 Å². The van der Waals surface area contributed by atoms with Crippen molar-refractivity contribution in [2.45, 2.75) is 26.1 Å². The molecule has 0 unspecified atom stereocenters. The number of hydrogen-bond donors (Lipinski definition) is 2. The first-order valence-corrected chi connectivity index (χ1v) is 9.30. The van der Waals surface area contributed by atoms with Crippen molar-refractivity contribution in [3.8, 4) is 0 Å². The Labute approximate surface area is 143 Å². The van der Waals surface area contributed by atoms with Gasteiger partial charge in [-0.2, -0.15) is 0 Å². The van der Waals surface area contributed by atoms with E-state index in [1.54, 1.807) is 12.1 Å². The van der Waals surface area contributed by atoms with Crippen molar-refractivity contribution in [1.82, 2.24) is 10.0 Å². The summed E-state index contributed by atoms with van der Waals surface area (Å²) >= 11 is 0. The fraction of sp³-hybridized carbons (Fsp3) is 0.278. The first-order valence-electron chi connectivity index (χ1n) is 7.65. The maximum absolute atomic E-state index is 12.2. The van der Waals surface area contributed by atoms with E-state index in [0.717, 1.165) is 16.7 Å². The molecule has 0 radical (unpaired) electrons. The van der Waals surface area contributed by atoms with Crippen LogP contribution >= 0.6 is 0 Å². The number of amides is 1. The smallest absolute Gasteiger partial charge is 0.251 e. The standard InChI is InChI=1S/C18H22N2O3S/c1-13-4-9-17(10-14(13)2)18(21)20-11-15-5-7-16(8-6-15)12-24(22,23)19-3/h4-10,19H,11-12H2,1-3H3,(H,20,21). The van der Waals surface area contributed by atoms with E-state index in [1.165, 1.54) is 7.05 Å². The zero-order chi connectivity index (χ0) is 17.7. The Morgan fingerprint density at radius 1 is 0.958 bits per heavy atom. The Morgan fingerprint density at radius 3 is 2.17 bits per heavy atom. The summed E-state index contributed by atoms with van der Waals surface area (Å²) in [7, 11) is -1.88. The number of nitrogens with one attached hydrogen (secondary N) is 2. The van der Waals surface area contributed by atoms with Crippen molar-refractivity contribution in [2.24, 2.45) is 0 Å². The number of carbonyl (C=O) groups excluding carboxylic acids is 1. The van der Waals surface area contributed by atoms with Gasteiger partial charge in [0.2, 0.25) is 10.0 Å². The van der Waals surface area contributed by atoms with Crippen LogP contribution in [0.4, 0.5) is 0 Å². The largest absolute Gasteiger partial charge is 0.348 e. The van der Waals surface area contributed by atoms with Gasteiger partial charge in [0.05, 0.1) is 5.75 Å². The van der Waals surface area contributed by atoms with E-state index in [9.17, 15) is 13.2 Å². The van der Waals surface area contributed by atoms with Gasteiger partial charge in [-0.1, -0.05) is 30.3 Å². The molecule has 0 aromatic heterocycles. The van der Waals surface area contributed by atoms with Crippen LogP contribution in [-0.2, 0) is 22.3 Å². The zero-order valence-corrected chi connectivity index (χ0v) is 14.9. The summed E-state index contributed by atoms with van der Waals surface area (Å²) in [5.74, 6) is -0.182. The van der Waals surface area contributed by atoms with Crippen molar-refractivity contribution in [3.63, 3.8) is 0 Å². The normalized spacial score (nSPS) is 11.3. The molecule has 2 rings (SSSR count). The first kappa shape index (κ1) is 18.2. The minimum Gasteiger partial charge on any atom is -0.348 e. The Hall–Kier alpha value is -2.18. The lowest BCUT2D eigenvalue weighted by Crippen LogP contribution is -2.23. The summed E-state index contributed by atoms with van der Waals surface area (Å²) in [6, 6.07) is 12.8. The molecule has 128 valence electrons. The molecule has 0 heterocycles. The molecule has 0 aliphatic heterocycles. The van der Waals surface area contributed by atoms with Crippen LogP contribution in [0.25, 0.3) is 0 Å². The third-order valence-corrected chi connectivity index (χ3v) is 5.25. The highest BCUT2D eigenvalue weighted by atomic mass is 32.2. The van der Waals surface area contributed by atoms with Gasteiger partial charge in [-0.3, -0.25) is 4.79 Å². The number of carbonyl (C=O) groups is 1. The van der Waals surface area contributed by atoms with Gasteiger partial charge >= 0.3 is 0 Å².